The maximum atomic E-state index is 11.0. The lowest BCUT2D eigenvalue weighted by molar-refractivity contribution is -0.140. The quantitative estimate of drug-likeness (QED) is 0.875. The molecule has 3 nitrogen and oxygen atoms in total. The van der Waals surface area contributed by atoms with Gasteiger partial charge in [0.15, 0.2) is 0 Å². The first-order valence-electron chi connectivity index (χ1n) is 5.22. The number of hydrogen-bond donors (Lipinski definition) is 2. The summed E-state index contributed by atoms with van der Waals surface area (Å²) >= 11 is 3.43. The maximum Gasteiger partial charge on any atom is 0.320 e. The van der Waals surface area contributed by atoms with Gasteiger partial charge in [0.25, 0.3) is 0 Å². The highest BCUT2D eigenvalue weighted by Gasteiger charge is 2.20. The average Bonchev–Trinajstić information content (AvgIpc) is 2.20. The number of rotatable bonds is 5. The SMILES string of the molecule is CC(C)[C@H](NCc1ccccc1Br)C(=O)O. The minimum Gasteiger partial charge on any atom is -0.480 e. The third kappa shape index (κ3) is 3.61. The molecule has 1 atom stereocenters. The van der Waals surface area contributed by atoms with Crippen molar-refractivity contribution in [2.24, 2.45) is 5.92 Å². The average molecular weight is 286 g/mol. The molecule has 88 valence electrons. The Morgan fingerprint density at radius 3 is 2.56 bits per heavy atom. The zero-order valence-corrected chi connectivity index (χ0v) is 11.0. The van der Waals surface area contributed by atoms with Crippen molar-refractivity contribution in [2.45, 2.75) is 26.4 Å². The summed E-state index contributed by atoms with van der Waals surface area (Å²) in [6, 6.07) is 7.28. The molecule has 0 spiro atoms. The number of hydrogen-bond acceptors (Lipinski definition) is 2. The molecule has 0 aliphatic carbocycles. The minimum absolute atomic E-state index is 0.0694. The van der Waals surface area contributed by atoms with Crippen LogP contribution in [0.1, 0.15) is 19.4 Å². The van der Waals surface area contributed by atoms with Crippen LogP contribution in [0.4, 0.5) is 0 Å². The number of carbonyl (C=O) groups is 1. The predicted octanol–water partition coefficient (Wildman–Crippen LogP) is 2.65. The van der Waals surface area contributed by atoms with Gasteiger partial charge in [0.2, 0.25) is 0 Å². The number of carboxylic acid groups (broad SMARTS) is 1. The minimum atomic E-state index is -0.804. The summed E-state index contributed by atoms with van der Waals surface area (Å²) < 4.78 is 0.996. The van der Waals surface area contributed by atoms with E-state index in [4.69, 9.17) is 5.11 Å². The van der Waals surface area contributed by atoms with Crippen LogP contribution in [-0.4, -0.2) is 17.1 Å². The third-order valence-electron chi connectivity index (χ3n) is 2.40. The molecule has 0 aromatic heterocycles. The molecule has 0 saturated carbocycles. The van der Waals surface area contributed by atoms with E-state index in [-0.39, 0.29) is 5.92 Å². The third-order valence-corrected chi connectivity index (χ3v) is 3.18. The number of halogens is 1. The van der Waals surface area contributed by atoms with Crippen molar-refractivity contribution in [3.05, 3.63) is 34.3 Å². The first-order valence-corrected chi connectivity index (χ1v) is 6.01. The molecule has 1 aromatic rings. The molecule has 0 aliphatic rings. The van der Waals surface area contributed by atoms with Crippen molar-refractivity contribution in [1.29, 1.82) is 0 Å². The Balaban J connectivity index is 2.63. The molecular weight excluding hydrogens is 270 g/mol. The van der Waals surface area contributed by atoms with Crippen LogP contribution >= 0.6 is 15.9 Å². The summed E-state index contributed by atoms with van der Waals surface area (Å²) in [6.45, 7) is 4.34. The van der Waals surface area contributed by atoms with E-state index in [0.717, 1.165) is 10.0 Å². The molecule has 1 rings (SSSR count). The number of carboxylic acids is 1. The van der Waals surface area contributed by atoms with Crippen molar-refractivity contribution in [2.75, 3.05) is 0 Å². The van der Waals surface area contributed by atoms with Crippen LogP contribution in [0.3, 0.4) is 0 Å². The fraction of sp³-hybridized carbons (Fsp3) is 0.417. The Morgan fingerprint density at radius 2 is 2.06 bits per heavy atom. The standard InChI is InChI=1S/C12H16BrNO2/c1-8(2)11(12(15)16)14-7-9-5-3-4-6-10(9)13/h3-6,8,11,14H,7H2,1-2H3,(H,15,16)/t11-/m0/s1. The maximum absolute atomic E-state index is 11.0. The molecule has 0 aliphatic heterocycles. The second kappa shape index (κ2) is 6.01. The highest BCUT2D eigenvalue weighted by molar-refractivity contribution is 9.10. The highest BCUT2D eigenvalue weighted by atomic mass is 79.9. The Morgan fingerprint density at radius 1 is 1.44 bits per heavy atom. The van der Waals surface area contributed by atoms with Crippen LogP contribution in [0, 0.1) is 5.92 Å². The van der Waals surface area contributed by atoms with Crippen LogP contribution in [-0.2, 0) is 11.3 Å². The molecule has 0 saturated heterocycles. The zero-order valence-electron chi connectivity index (χ0n) is 9.40. The van der Waals surface area contributed by atoms with Gasteiger partial charge in [-0.15, -0.1) is 0 Å². The van der Waals surface area contributed by atoms with Crippen LogP contribution < -0.4 is 5.32 Å². The van der Waals surface area contributed by atoms with E-state index < -0.39 is 12.0 Å². The topological polar surface area (TPSA) is 49.3 Å². The molecular formula is C12H16BrNO2. The lowest BCUT2D eigenvalue weighted by atomic mass is 10.0. The molecule has 0 heterocycles. The van der Waals surface area contributed by atoms with Gasteiger partial charge in [0, 0.05) is 11.0 Å². The lowest BCUT2D eigenvalue weighted by Crippen LogP contribution is -2.40. The van der Waals surface area contributed by atoms with Gasteiger partial charge >= 0.3 is 5.97 Å². The van der Waals surface area contributed by atoms with Crippen molar-refractivity contribution in [3.63, 3.8) is 0 Å². The second-order valence-electron chi connectivity index (χ2n) is 4.03. The first kappa shape index (κ1) is 13.2. The fourth-order valence-corrected chi connectivity index (χ4v) is 1.89. The van der Waals surface area contributed by atoms with Gasteiger partial charge < -0.3 is 10.4 Å². The van der Waals surface area contributed by atoms with Crippen LogP contribution in [0.15, 0.2) is 28.7 Å². The van der Waals surface area contributed by atoms with E-state index in [1.54, 1.807) is 0 Å². The molecule has 0 amide bonds. The summed E-state index contributed by atoms with van der Waals surface area (Å²) in [6.07, 6.45) is 0. The van der Waals surface area contributed by atoms with Crippen LogP contribution in [0.25, 0.3) is 0 Å². The molecule has 16 heavy (non-hydrogen) atoms. The van der Waals surface area contributed by atoms with Gasteiger partial charge in [-0.2, -0.15) is 0 Å². The summed E-state index contributed by atoms with van der Waals surface area (Å²) in [4.78, 5) is 11.0. The Hall–Kier alpha value is -0.870. The van der Waals surface area contributed by atoms with Crippen molar-refractivity contribution >= 4 is 21.9 Å². The Labute approximate surface area is 104 Å². The number of aliphatic carboxylic acids is 1. The normalized spacial score (nSPS) is 12.8. The van der Waals surface area contributed by atoms with E-state index in [2.05, 4.69) is 21.2 Å². The number of nitrogens with one attached hydrogen (secondary N) is 1. The van der Waals surface area contributed by atoms with Gasteiger partial charge in [-0.05, 0) is 17.5 Å². The van der Waals surface area contributed by atoms with E-state index in [0.29, 0.717) is 6.54 Å². The Bertz CT molecular complexity index is 366. The number of benzene rings is 1. The monoisotopic (exact) mass is 285 g/mol. The zero-order chi connectivity index (χ0) is 12.1. The molecule has 2 N–H and O–H groups in total. The van der Waals surface area contributed by atoms with Gasteiger partial charge in [0.1, 0.15) is 6.04 Å². The van der Waals surface area contributed by atoms with E-state index >= 15 is 0 Å². The predicted molar refractivity (Wildman–Crippen MR) is 67.2 cm³/mol. The van der Waals surface area contributed by atoms with E-state index in [1.165, 1.54) is 0 Å². The first-order chi connectivity index (χ1) is 7.52. The molecule has 0 bridgehead atoms. The summed E-state index contributed by atoms with van der Waals surface area (Å²) in [5.74, 6) is -0.734. The van der Waals surface area contributed by atoms with Crippen molar-refractivity contribution in [1.82, 2.24) is 5.32 Å². The fourth-order valence-electron chi connectivity index (χ4n) is 1.47. The van der Waals surface area contributed by atoms with E-state index in [1.807, 2.05) is 38.1 Å². The molecule has 0 fully saturated rings. The van der Waals surface area contributed by atoms with Crippen LogP contribution in [0.5, 0.6) is 0 Å². The smallest absolute Gasteiger partial charge is 0.320 e. The van der Waals surface area contributed by atoms with Gasteiger partial charge in [-0.25, -0.2) is 0 Å². The summed E-state index contributed by atoms with van der Waals surface area (Å²) in [7, 11) is 0. The largest absolute Gasteiger partial charge is 0.480 e. The van der Waals surface area contributed by atoms with E-state index in [9.17, 15) is 4.79 Å². The molecule has 0 radical (unpaired) electrons. The lowest BCUT2D eigenvalue weighted by Gasteiger charge is -2.18. The second-order valence-corrected chi connectivity index (χ2v) is 4.89. The Kier molecular flexibility index (Phi) is 4.96. The molecule has 1 aromatic carbocycles. The highest BCUT2D eigenvalue weighted by Crippen LogP contribution is 2.16. The van der Waals surface area contributed by atoms with Crippen LogP contribution in [0.2, 0.25) is 0 Å². The van der Waals surface area contributed by atoms with Crippen molar-refractivity contribution < 1.29 is 9.90 Å². The van der Waals surface area contributed by atoms with Gasteiger partial charge in [0.05, 0.1) is 0 Å². The van der Waals surface area contributed by atoms with Crippen molar-refractivity contribution in [3.8, 4) is 0 Å². The summed E-state index contributed by atoms with van der Waals surface area (Å²) in [5.41, 5.74) is 1.06. The summed E-state index contributed by atoms with van der Waals surface area (Å²) in [5, 5.41) is 12.1. The molecule has 0 unspecified atom stereocenters. The van der Waals surface area contributed by atoms with Gasteiger partial charge in [-0.3, -0.25) is 4.79 Å². The molecule has 4 heteroatoms. The van der Waals surface area contributed by atoms with Gasteiger partial charge in [-0.1, -0.05) is 48.0 Å².